The van der Waals surface area contributed by atoms with Crippen molar-refractivity contribution < 1.29 is 4.79 Å². The van der Waals surface area contributed by atoms with Gasteiger partial charge in [0, 0.05) is 31.7 Å². The predicted octanol–water partition coefficient (Wildman–Crippen LogP) is 2.84. The summed E-state index contributed by atoms with van der Waals surface area (Å²) in [6.07, 6.45) is 7.04. The molecule has 3 aromatic rings. The molecular formula is C16H15ClN4O. The molecular weight excluding hydrogens is 300 g/mol. The highest BCUT2D eigenvalue weighted by Crippen LogP contribution is 2.10. The number of rotatable bonds is 5. The fourth-order valence-electron chi connectivity index (χ4n) is 2.21. The second-order valence-corrected chi connectivity index (χ2v) is 5.41. The van der Waals surface area contributed by atoms with E-state index in [4.69, 9.17) is 11.6 Å². The minimum atomic E-state index is -0.174. The number of amides is 1. The quantitative estimate of drug-likeness (QED) is 0.760. The van der Waals surface area contributed by atoms with E-state index in [0.29, 0.717) is 17.3 Å². The van der Waals surface area contributed by atoms with E-state index in [-0.39, 0.29) is 5.91 Å². The maximum absolute atomic E-state index is 12.0. The molecule has 5 nitrogen and oxygen atoms in total. The zero-order chi connectivity index (χ0) is 15.4. The van der Waals surface area contributed by atoms with Crippen LogP contribution >= 0.6 is 11.6 Å². The summed E-state index contributed by atoms with van der Waals surface area (Å²) in [5.74, 6) is -0.174. The molecule has 0 aliphatic carbocycles. The summed E-state index contributed by atoms with van der Waals surface area (Å²) >= 11 is 5.79. The maximum atomic E-state index is 12.0. The van der Waals surface area contributed by atoms with Gasteiger partial charge >= 0.3 is 0 Å². The van der Waals surface area contributed by atoms with E-state index in [2.05, 4.69) is 27.4 Å². The van der Waals surface area contributed by atoms with E-state index < -0.39 is 0 Å². The molecule has 0 fully saturated rings. The Kier molecular flexibility index (Phi) is 4.25. The van der Waals surface area contributed by atoms with E-state index in [1.807, 2.05) is 22.9 Å². The van der Waals surface area contributed by atoms with E-state index in [0.717, 1.165) is 17.7 Å². The molecule has 2 aromatic heterocycles. The van der Waals surface area contributed by atoms with Crippen LogP contribution in [0.25, 0.3) is 0 Å². The Hall–Kier alpha value is -2.53. The van der Waals surface area contributed by atoms with Crippen LogP contribution < -0.4 is 5.32 Å². The van der Waals surface area contributed by atoms with Gasteiger partial charge in [0.05, 0.1) is 11.3 Å². The van der Waals surface area contributed by atoms with Crippen LogP contribution in [-0.2, 0) is 13.1 Å². The van der Waals surface area contributed by atoms with Gasteiger partial charge in [-0.3, -0.25) is 4.79 Å². The van der Waals surface area contributed by atoms with Crippen molar-refractivity contribution in [2.45, 2.75) is 13.1 Å². The van der Waals surface area contributed by atoms with Crippen molar-refractivity contribution in [2.24, 2.45) is 0 Å². The normalized spacial score (nSPS) is 10.6. The van der Waals surface area contributed by atoms with Crippen LogP contribution in [0.2, 0.25) is 5.02 Å². The molecule has 0 saturated carbocycles. The second kappa shape index (κ2) is 6.49. The first-order valence-electron chi connectivity index (χ1n) is 6.86. The van der Waals surface area contributed by atoms with Crippen molar-refractivity contribution in [2.75, 3.05) is 0 Å². The van der Waals surface area contributed by atoms with Crippen molar-refractivity contribution in [3.63, 3.8) is 0 Å². The fraction of sp³-hybridized carbons (Fsp3) is 0.125. The molecule has 3 rings (SSSR count). The predicted molar refractivity (Wildman–Crippen MR) is 84.7 cm³/mol. The molecule has 2 heterocycles. The van der Waals surface area contributed by atoms with Crippen LogP contribution in [0.4, 0.5) is 0 Å². The van der Waals surface area contributed by atoms with E-state index >= 15 is 0 Å². The zero-order valence-electron chi connectivity index (χ0n) is 11.8. The average Bonchev–Trinajstić information content (AvgIpc) is 3.17. The van der Waals surface area contributed by atoms with Gasteiger partial charge in [-0.25, -0.2) is 4.98 Å². The highest BCUT2D eigenvalue weighted by molar-refractivity contribution is 6.30. The van der Waals surface area contributed by atoms with Gasteiger partial charge in [0.25, 0.3) is 5.91 Å². The van der Waals surface area contributed by atoms with Crippen LogP contribution in [0.3, 0.4) is 0 Å². The van der Waals surface area contributed by atoms with Crippen LogP contribution in [0, 0.1) is 0 Å². The number of aromatic nitrogens is 3. The summed E-state index contributed by atoms with van der Waals surface area (Å²) in [4.78, 5) is 18.8. The average molecular weight is 315 g/mol. The number of H-pyrrole nitrogens is 1. The Morgan fingerprint density at radius 1 is 1.32 bits per heavy atom. The third-order valence-corrected chi connectivity index (χ3v) is 3.48. The molecule has 0 aliphatic heterocycles. The zero-order valence-corrected chi connectivity index (χ0v) is 12.5. The van der Waals surface area contributed by atoms with Crippen molar-refractivity contribution in [1.29, 1.82) is 0 Å². The standard InChI is InChI=1S/C16H15ClN4O/c17-14-7-15(19-9-14)16(22)20-8-12-2-1-3-13(6-12)10-21-5-4-18-11-21/h1-7,9,11,19H,8,10H2,(H,20,22). The number of hydrogen-bond donors (Lipinski definition) is 2. The number of aromatic amines is 1. The van der Waals surface area contributed by atoms with Crippen molar-refractivity contribution in [3.8, 4) is 0 Å². The van der Waals surface area contributed by atoms with Gasteiger partial charge in [-0.05, 0) is 17.2 Å². The summed E-state index contributed by atoms with van der Waals surface area (Å²) in [6.45, 7) is 1.22. The smallest absolute Gasteiger partial charge is 0.268 e. The third-order valence-electron chi connectivity index (χ3n) is 3.26. The van der Waals surface area contributed by atoms with E-state index in [9.17, 15) is 4.79 Å². The van der Waals surface area contributed by atoms with Gasteiger partial charge in [0.2, 0.25) is 0 Å². The molecule has 0 unspecified atom stereocenters. The first-order valence-corrected chi connectivity index (χ1v) is 7.24. The van der Waals surface area contributed by atoms with Gasteiger partial charge in [0.15, 0.2) is 0 Å². The molecule has 0 spiro atoms. The number of hydrogen-bond acceptors (Lipinski definition) is 2. The summed E-state index contributed by atoms with van der Waals surface area (Å²) < 4.78 is 2.00. The molecule has 6 heteroatoms. The minimum Gasteiger partial charge on any atom is -0.356 e. The third kappa shape index (κ3) is 3.56. The number of imidazole rings is 1. The van der Waals surface area contributed by atoms with Gasteiger partial charge in [0.1, 0.15) is 5.69 Å². The SMILES string of the molecule is O=C(NCc1cccc(Cn2ccnc2)c1)c1cc(Cl)c[nH]1. The molecule has 1 amide bonds. The highest BCUT2D eigenvalue weighted by atomic mass is 35.5. The lowest BCUT2D eigenvalue weighted by atomic mass is 10.1. The lowest BCUT2D eigenvalue weighted by Gasteiger charge is -2.07. The minimum absolute atomic E-state index is 0.174. The lowest BCUT2D eigenvalue weighted by molar-refractivity contribution is 0.0946. The Labute approximate surface area is 133 Å². The molecule has 0 aliphatic rings. The van der Waals surface area contributed by atoms with Gasteiger partial charge in [-0.2, -0.15) is 0 Å². The number of nitrogens with one attached hydrogen (secondary N) is 2. The largest absolute Gasteiger partial charge is 0.356 e. The van der Waals surface area contributed by atoms with Crippen molar-refractivity contribution in [1.82, 2.24) is 19.9 Å². The first-order chi connectivity index (χ1) is 10.7. The summed E-state index contributed by atoms with van der Waals surface area (Å²) in [5, 5.41) is 3.39. The molecule has 0 bridgehead atoms. The van der Waals surface area contributed by atoms with Crippen LogP contribution in [0.1, 0.15) is 21.6 Å². The van der Waals surface area contributed by atoms with Crippen LogP contribution in [0.15, 0.2) is 55.2 Å². The summed E-state index contributed by atoms with van der Waals surface area (Å²) in [5.41, 5.74) is 2.66. The van der Waals surface area contributed by atoms with Crippen LogP contribution in [0.5, 0.6) is 0 Å². The van der Waals surface area contributed by atoms with E-state index in [1.54, 1.807) is 24.8 Å². The Bertz CT molecular complexity index is 764. The summed E-state index contributed by atoms with van der Waals surface area (Å²) in [7, 11) is 0. The van der Waals surface area contributed by atoms with Crippen molar-refractivity contribution in [3.05, 3.63) is 77.1 Å². The molecule has 1 aromatic carbocycles. The van der Waals surface area contributed by atoms with Crippen LogP contribution in [-0.4, -0.2) is 20.4 Å². The number of carbonyl (C=O) groups is 1. The molecule has 2 N–H and O–H groups in total. The van der Waals surface area contributed by atoms with E-state index in [1.165, 1.54) is 0 Å². The first kappa shape index (κ1) is 14.4. The topological polar surface area (TPSA) is 62.7 Å². The van der Waals surface area contributed by atoms with Gasteiger partial charge in [-0.1, -0.05) is 35.9 Å². The number of halogens is 1. The molecule has 0 radical (unpaired) electrons. The fourth-order valence-corrected chi connectivity index (χ4v) is 2.37. The molecule has 22 heavy (non-hydrogen) atoms. The second-order valence-electron chi connectivity index (χ2n) is 4.97. The lowest BCUT2D eigenvalue weighted by Crippen LogP contribution is -2.23. The van der Waals surface area contributed by atoms with Gasteiger partial charge < -0.3 is 14.9 Å². The number of benzene rings is 1. The molecule has 0 atom stereocenters. The maximum Gasteiger partial charge on any atom is 0.268 e. The van der Waals surface area contributed by atoms with Gasteiger partial charge in [-0.15, -0.1) is 0 Å². The monoisotopic (exact) mass is 314 g/mol. The highest BCUT2D eigenvalue weighted by Gasteiger charge is 2.07. The Morgan fingerprint density at radius 2 is 2.18 bits per heavy atom. The number of carbonyl (C=O) groups excluding carboxylic acids is 1. The van der Waals surface area contributed by atoms with Crippen molar-refractivity contribution >= 4 is 17.5 Å². The molecule has 112 valence electrons. The number of nitrogens with zero attached hydrogens (tertiary/aromatic N) is 2. The summed E-state index contributed by atoms with van der Waals surface area (Å²) in [6, 6.07) is 9.70. The Morgan fingerprint density at radius 3 is 2.91 bits per heavy atom. The Balaban J connectivity index is 1.62. The molecule has 0 saturated heterocycles.